The molecule has 7 nitrogen and oxygen atoms in total. The zero-order valence-corrected chi connectivity index (χ0v) is 14.6. The Morgan fingerprint density at radius 2 is 2.04 bits per heavy atom. The second-order valence-electron chi connectivity index (χ2n) is 5.63. The summed E-state index contributed by atoms with van der Waals surface area (Å²) < 4.78 is 1.35. The topological polar surface area (TPSA) is 106 Å². The standard InChI is InChI=1S/C17H19N5O2S/c1-11-20-13(10-25-11)7-8-19-14-15(18)22(17(24)21-16(14)23)9-12-5-3-2-4-6-12/h2-6,10,19H,7-9,18H2,1H3,(H,21,23,24). The molecule has 0 unspecified atom stereocenters. The molecule has 0 atom stereocenters. The molecule has 8 heteroatoms. The molecule has 0 aliphatic carbocycles. The number of nitrogens with one attached hydrogen (secondary N) is 2. The third-order valence-corrected chi connectivity index (χ3v) is 4.59. The van der Waals surface area contributed by atoms with Crippen LogP contribution < -0.4 is 22.3 Å². The molecular weight excluding hydrogens is 338 g/mol. The first-order chi connectivity index (χ1) is 12.0. The minimum absolute atomic E-state index is 0.132. The monoisotopic (exact) mass is 357 g/mol. The van der Waals surface area contributed by atoms with Gasteiger partial charge in [-0.1, -0.05) is 30.3 Å². The smallest absolute Gasteiger partial charge is 0.330 e. The number of H-pyrrole nitrogens is 1. The van der Waals surface area contributed by atoms with Gasteiger partial charge in [-0.2, -0.15) is 0 Å². The molecule has 0 spiro atoms. The summed E-state index contributed by atoms with van der Waals surface area (Å²) in [5, 5.41) is 6.02. The van der Waals surface area contributed by atoms with Crippen molar-refractivity contribution in [2.75, 3.05) is 17.6 Å². The predicted molar refractivity (Wildman–Crippen MR) is 100 cm³/mol. The Hall–Kier alpha value is -2.87. The highest BCUT2D eigenvalue weighted by Crippen LogP contribution is 2.13. The number of nitrogens with zero attached hydrogens (tertiary/aromatic N) is 2. The number of thiazole rings is 1. The molecule has 0 radical (unpaired) electrons. The van der Waals surface area contributed by atoms with Crippen LogP contribution in [0.3, 0.4) is 0 Å². The molecule has 3 rings (SSSR count). The van der Waals surface area contributed by atoms with E-state index in [-0.39, 0.29) is 11.5 Å². The van der Waals surface area contributed by atoms with Gasteiger partial charge in [-0.3, -0.25) is 14.3 Å². The van der Waals surface area contributed by atoms with Gasteiger partial charge in [0.25, 0.3) is 5.56 Å². The number of hydrogen-bond donors (Lipinski definition) is 3. The summed E-state index contributed by atoms with van der Waals surface area (Å²) in [4.78, 5) is 30.9. The summed E-state index contributed by atoms with van der Waals surface area (Å²) in [7, 11) is 0. The van der Waals surface area contributed by atoms with Crippen LogP contribution in [0.4, 0.5) is 11.5 Å². The highest BCUT2D eigenvalue weighted by Gasteiger charge is 2.12. The second kappa shape index (κ2) is 7.35. The Balaban J connectivity index is 1.80. The largest absolute Gasteiger partial charge is 0.383 e. The molecule has 0 bridgehead atoms. The predicted octanol–water partition coefficient (Wildman–Crippen LogP) is 1.59. The maximum atomic E-state index is 12.1. The quantitative estimate of drug-likeness (QED) is 0.621. The van der Waals surface area contributed by atoms with Gasteiger partial charge in [-0.15, -0.1) is 11.3 Å². The van der Waals surface area contributed by atoms with Crippen molar-refractivity contribution in [3.05, 3.63) is 72.8 Å². The Bertz CT molecular complexity index is 975. The number of hydrogen-bond acceptors (Lipinski definition) is 6. The average Bonchev–Trinajstić information content (AvgIpc) is 3.01. The van der Waals surface area contributed by atoms with Crippen molar-refractivity contribution in [1.29, 1.82) is 0 Å². The summed E-state index contributed by atoms with van der Waals surface area (Å²) in [5.41, 5.74) is 7.14. The van der Waals surface area contributed by atoms with Gasteiger partial charge in [0.1, 0.15) is 11.5 Å². The fourth-order valence-corrected chi connectivity index (χ4v) is 3.17. The van der Waals surface area contributed by atoms with Crippen LogP contribution >= 0.6 is 11.3 Å². The number of anilines is 2. The third kappa shape index (κ3) is 3.97. The van der Waals surface area contributed by atoms with Gasteiger partial charge in [0.15, 0.2) is 0 Å². The summed E-state index contributed by atoms with van der Waals surface area (Å²) in [6.07, 6.45) is 0.668. The lowest BCUT2D eigenvalue weighted by Gasteiger charge is -2.13. The van der Waals surface area contributed by atoms with E-state index in [9.17, 15) is 9.59 Å². The number of aromatic nitrogens is 3. The van der Waals surface area contributed by atoms with Crippen LogP contribution in [-0.4, -0.2) is 21.1 Å². The lowest BCUT2D eigenvalue weighted by molar-refractivity contribution is 0.733. The van der Waals surface area contributed by atoms with Crippen LogP contribution in [0.5, 0.6) is 0 Å². The van der Waals surface area contributed by atoms with Crippen molar-refractivity contribution >= 4 is 22.8 Å². The van der Waals surface area contributed by atoms with Gasteiger partial charge in [-0.05, 0) is 12.5 Å². The fourth-order valence-electron chi connectivity index (χ4n) is 2.52. The molecule has 0 saturated heterocycles. The minimum atomic E-state index is -0.521. The number of nitrogen functional groups attached to an aromatic ring is 1. The van der Waals surface area contributed by atoms with Crippen LogP contribution in [0.25, 0.3) is 0 Å². The maximum Gasteiger partial charge on any atom is 0.330 e. The number of nitrogens with two attached hydrogens (primary N) is 1. The Labute approximate surface area is 148 Å². The van der Waals surface area contributed by atoms with Crippen molar-refractivity contribution in [2.24, 2.45) is 0 Å². The summed E-state index contributed by atoms with van der Waals surface area (Å²) in [6.45, 7) is 2.74. The molecule has 1 aromatic carbocycles. The van der Waals surface area contributed by atoms with E-state index in [4.69, 9.17) is 5.73 Å². The average molecular weight is 357 g/mol. The molecule has 3 aromatic rings. The first kappa shape index (κ1) is 17.0. The van der Waals surface area contributed by atoms with E-state index in [0.29, 0.717) is 19.5 Å². The van der Waals surface area contributed by atoms with E-state index in [1.807, 2.05) is 42.6 Å². The van der Waals surface area contributed by atoms with Gasteiger partial charge in [0.2, 0.25) is 0 Å². The van der Waals surface area contributed by atoms with Crippen LogP contribution in [0.15, 0.2) is 45.3 Å². The highest BCUT2D eigenvalue weighted by molar-refractivity contribution is 7.09. The van der Waals surface area contributed by atoms with E-state index in [2.05, 4.69) is 15.3 Å². The first-order valence-electron chi connectivity index (χ1n) is 7.86. The first-order valence-corrected chi connectivity index (χ1v) is 8.74. The SMILES string of the molecule is Cc1nc(CCNc2c(N)n(Cc3ccccc3)c(=O)[nH]c2=O)cs1. The Morgan fingerprint density at radius 1 is 1.28 bits per heavy atom. The van der Waals surface area contributed by atoms with Crippen molar-refractivity contribution in [3.63, 3.8) is 0 Å². The number of benzene rings is 1. The van der Waals surface area contributed by atoms with Crippen molar-refractivity contribution in [1.82, 2.24) is 14.5 Å². The molecule has 0 fully saturated rings. The molecule has 0 amide bonds. The molecule has 0 saturated carbocycles. The normalized spacial score (nSPS) is 10.8. The third-order valence-electron chi connectivity index (χ3n) is 3.77. The van der Waals surface area contributed by atoms with Gasteiger partial charge in [-0.25, -0.2) is 9.78 Å². The van der Waals surface area contributed by atoms with E-state index in [1.54, 1.807) is 11.3 Å². The van der Waals surface area contributed by atoms with Gasteiger partial charge in [0, 0.05) is 18.3 Å². The Morgan fingerprint density at radius 3 is 2.72 bits per heavy atom. The van der Waals surface area contributed by atoms with Gasteiger partial charge < -0.3 is 11.1 Å². The second-order valence-corrected chi connectivity index (χ2v) is 6.69. The molecule has 130 valence electrons. The van der Waals surface area contributed by atoms with Gasteiger partial charge >= 0.3 is 5.69 Å². The lowest BCUT2D eigenvalue weighted by atomic mass is 10.2. The molecule has 2 heterocycles. The van der Waals surface area contributed by atoms with Gasteiger partial charge in [0.05, 0.1) is 17.2 Å². The molecule has 2 aromatic heterocycles. The van der Waals surface area contributed by atoms with Crippen molar-refractivity contribution in [3.8, 4) is 0 Å². The lowest BCUT2D eigenvalue weighted by Crippen LogP contribution is -2.34. The highest BCUT2D eigenvalue weighted by atomic mass is 32.1. The van der Waals surface area contributed by atoms with E-state index >= 15 is 0 Å². The molecule has 25 heavy (non-hydrogen) atoms. The molecular formula is C17H19N5O2S. The summed E-state index contributed by atoms with van der Waals surface area (Å²) in [6, 6.07) is 9.47. The fraction of sp³-hybridized carbons (Fsp3) is 0.235. The summed E-state index contributed by atoms with van der Waals surface area (Å²) in [5.74, 6) is 0.132. The number of aryl methyl sites for hydroxylation is 1. The van der Waals surface area contributed by atoms with Crippen molar-refractivity contribution < 1.29 is 0 Å². The molecule has 0 aliphatic heterocycles. The van der Waals surface area contributed by atoms with Crippen LogP contribution in [0.1, 0.15) is 16.3 Å². The zero-order chi connectivity index (χ0) is 17.8. The zero-order valence-electron chi connectivity index (χ0n) is 13.8. The Kier molecular flexibility index (Phi) is 4.99. The maximum absolute atomic E-state index is 12.1. The summed E-state index contributed by atoms with van der Waals surface area (Å²) >= 11 is 1.59. The minimum Gasteiger partial charge on any atom is -0.383 e. The van der Waals surface area contributed by atoms with E-state index in [1.165, 1.54) is 4.57 Å². The van der Waals surface area contributed by atoms with Crippen LogP contribution in [-0.2, 0) is 13.0 Å². The van der Waals surface area contributed by atoms with E-state index in [0.717, 1.165) is 16.3 Å². The van der Waals surface area contributed by atoms with Crippen molar-refractivity contribution in [2.45, 2.75) is 19.9 Å². The molecule has 4 N–H and O–H groups in total. The van der Waals surface area contributed by atoms with Crippen LogP contribution in [0, 0.1) is 6.92 Å². The number of aromatic amines is 1. The molecule has 0 aliphatic rings. The van der Waals surface area contributed by atoms with E-state index < -0.39 is 11.2 Å². The van der Waals surface area contributed by atoms with Crippen LogP contribution in [0.2, 0.25) is 0 Å². The number of rotatable bonds is 6.